The molecule has 0 N–H and O–H groups in total. The van der Waals surface area contributed by atoms with E-state index in [2.05, 4.69) is 16.6 Å². The summed E-state index contributed by atoms with van der Waals surface area (Å²) in [6.45, 7) is 2.44. The van der Waals surface area contributed by atoms with E-state index < -0.39 is 5.97 Å². The fourth-order valence-electron chi connectivity index (χ4n) is 2.20. The average Bonchev–Trinajstić information content (AvgIpc) is 3.22. The number of hydrogen-bond donors (Lipinski definition) is 0. The van der Waals surface area contributed by atoms with Gasteiger partial charge in [0, 0.05) is 12.5 Å². The third-order valence-corrected chi connectivity index (χ3v) is 3.55. The monoisotopic (exact) mass is 294 g/mol. The molecule has 0 saturated heterocycles. The van der Waals surface area contributed by atoms with Crippen LogP contribution in [-0.2, 0) is 16.1 Å². The Bertz CT molecular complexity index is 494. The molecule has 0 aliphatic heterocycles. The Morgan fingerprint density at radius 3 is 2.81 bits per heavy atom. The Kier molecular flexibility index (Phi) is 5.36. The molecule has 1 aromatic rings. The highest BCUT2D eigenvalue weighted by atomic mass is 16.5. The van der Waals surface area contributed by atoms with Gasteiger partial charge in [0.2, 0.25) is 11.8 Å². The van der Waals surface area contributed by atoms with Crippen molar-refractivity contribution < 1.29 is 18.7 Å². The van der Waals surface area contributed by atoms with E-state index in [1.165, 1.54) is 13.4 Å². The van der Waals surface area contributed by atoms with Crippen LogP contribution in [0, 0.1) is 0 Å². The molecular formula is C15H22N2O4. The van der Waals surface area contributed by atoms with E-state index in [-0.39, 0.29) is 11.6 Å². The van der Waals surface area contributed by atoms with E-state index in [9.17, 15) is 9.59 Å². The van der Waals surface area contributed by atoms with Gasteiger partial charge in [0.25, 0.3) is 0 Å². The SMILES string of the molecule is CCCCCC(=O)N(Cc1nc(C(=O)OC)co1)C1CC1. The van der Waals surface area contributed by atoms with Crippen molar-refractivity contribution in [1.29, 1.82) is 0 Å². The van der Waals surface area contributed by atoms with Crippen LogP contribution in [0.4, 0.5) is 0 Å². The molecular weight excluding hydrogens is 272 g/mol. The molecule has 2 rings (SSSR count). The van der Waals surface area contributed by atoms with Gasteiger partial charge in [0.15, 0.2) is 5.69 Å². The van der Waals surface area contributed by atoms with Crippen molar-refractivity contribution in [1.82, 2.24) is 9.88 Å². The summed E-state index contributed by atoms with van der Waals surface area (Å²) < 4.78 is 9.85. The predicted molar refractivity (Wildman–Crippen MR) is 75.6 cm³/mol. The Labute approximate surface area is 124 Å². The van der Waals surface area contributed by atoms with Crippen molar-refractivity contribution in [3.8, 4) is 0 Å². The first-order chi connectivity index (χ1) is 10.2. The minimum absolute atomic E-state index is 0.140. The maximum atomic E-state index is 12.3. The normalized spacial score (nSPS) is 14.0. The molecule has 1 heterocycles. The van der Waals surface area contributed by atoms with E-state index in [4.69, 9.17) is 4.42 Å². The largest absolute Gasteiger partial charge is 0.464 e. The van der Waals surface area contributed by atoms with Crippen LogP contribution in [0.2, 0.25) is 0 Å². The van der Waals surface area contributed by atoms with Crippen molar-refractivity contribution >= 4 is 11.9 Å². The van der Waals surface area contributed by atoms with Crippen LogP contribution in [0.3, 0.4) is 0 Å². The number of oxazole rings is 1. The fraction of sp³-hybridized carbons (Fsp3) is 0.667. The van der Waals surface area contributed by atoms with E-state index in [1.807, 2.05) is 4.90 Å². The van der Waals surface area contributed by atoms with Gasteiger partial charge in [-0.15, -0.1) is 0 Å². The third kappa shape index (κ3) is 4.31. The lowest BCUT2D eigenvalue weighted by molar-refractivity contribution is -0.132. The Hall–Kier alpha value is -1.85. The van der Waals surface area contributed by atoms with E-state index in [1.54, 1.807) is 0 Å². The van der Waals surface area contributed by atoms with Crippen molar-refractivity contribution in [2.45, 2.75) is 58.0 Å². The molecule has 0 aromatic carbocycles. The van der Waals surface area contributed by atoms with Crippen LogP contribution < -0.4 is 0 Å². The lowest BCUT2D eigenvalue weighted by atomic mass is 10.2. The molecule has 6 heteroatoms. The quantitative estimate of drug-likeness (QED) is 0.544. The first-order valence-corrected chi connectivity index (χ1v) is 7.48. The van der Waals surface area contributed by atoms with E-state index >= 15 is 0 Å². The summed E-state index contributed by atoms with van der Waals surface area (Å²) in [4.78, 5) is 29.5. The number of aromatic nitrogens is 1. The molecule has 21 heavy (non-hydrogen) atoms. The molecule has 1 fully saturated rings. The molecule has 0 bridgehead atoms. The number of methoxy groups -OCH3 is 1. The van der Waals surface area contributed by atoms with Gasteiger partial charge in [-0.3, -0.25) is 4.79 Å². The zero-order chi connectivity index (χ0) is 15.2. The molecule has 0 atom stereocenters. The smallest absolute Gasteiger partial charge is 0.360 e. The molecule has 1 aliphatic rings. The average molecular weight is 294 g/mol. The number of rotatable bonds is 8. The van der Waals surface area contributed by atoms with E-state index in [0.717, 1.165) is 32.1 Å². The molecule has 0 unspecified atom stereocenters. The number of esters is 1. The summed E-state index contributed by atoms with van der Waals surface area (Å²) in [5, 5.41) is 0. The number of carbonyl (C=O) groups is 2. The molecule has 0 spiro atoms. The van der Waals surface area contributed by atoms with Gasteiger partial charge in [-0.25, -0.2) is 9.78 Å². The predicted octanol–water partition coefficient (Wildman–Crippen LogP) is 2.53. The van der Waals surface area contributed by atoms with Crippen molar-refractivity contribution in [3.05, 3.63) is 17.8 Å². The second kappa shape index (κ2) is 7.24. The number of nitrogens with zero attached hydrogens (tertiary/aromatic N) is 2. The standard InChI is InChI=1S/C15H22N2O4/c1-3-4-5-6-14(18)17(11-7-8-11)9-13-16-12(10-21-13)15(19)20-2/h10-11H,3-9H2,1-2H3. The minimum atomic E-state index is -0.530. The van der Waals surface area contributed by atoms with Crippen molar-refractivity contribution in [2.24, 2.45) is 0 Å². The van der Waals surface area contributed by atoms with Crippen molar-refractivity contribution in [2.75, 3.05) is 7.11 Å². The summed E-state index contributed by atoms with van der Waals surface area (Å²) in [5.41, 5.74) is 0.140. The number of carbonyl (C=O) groups excluding carboxylic acids is 2. The maximum Gasteiger partial charge on any atom is 0.360 e. The number of unbranched alkanes of at least 4 members (excludes halogenated alkanes) is 2. The number of hydrogen-bond acceptors (Lipinski definition) is 5. The van der Waals surface area contributed by atoms with Crippen LogP contribution >= 0.6 is 0 Å². The van der Waals surface area contributed by atoms with Gasteiger partial charge in [-0.05, 0) is 19.3 Å². The van der Waals surface area contributed by atoms with Gasteiger partial charge in [0.05, 0.1) is 13.7 Å². The molecule has 116 valence electrons. The summed E-state index contributed by atoms with van der Waals surface area (Å²) in [6.07, 6.45) is 6.98. The number of amides is 1. The van der Waals surface area contributed by atoms with Crippen LogP contribution in [0.5, 0.6) is 0 Å². The van der Waals surface area contributed by atoms with Gasteiger partial charge in [-0.2, -0.15) is 0 Å². The fourth-order valence-corrected chi connectivity index (χ4v) is 2.20. The van der Waals surface area contributed by atoms with Gasteiger partial charge in [-0.1, -0.05) is 19.8 Å². The number of ether oxygens (including phenoxy) is 1. The van der Waals surface area contributed by atoms with Crippen molar-refractivity contribution in [3.63, 3.8) is 0 Å². The zero-order valence-electron chi connectivity index (χ0n) is 12.6. The van der Waals surface area contributed by atoms with Crippen LogP contribution in [0.25, 0.3) is 0 Å². The van der Waals surface area contributed by atoms with Crippen LogP contribution in [0.15, 0.2) is 10.7 Å². The summed E-state index contributed by atoms with van der Waals surface area (Å²) in [7, 11) is 1.30. The Balaban J connectivity index is 1.94. The zero-order valence-corrected chi connectivity index (χ0v) is 12.6. The lowest BCUT2D eigenvalue weighted by Crippen LogP contribution is -2.32. The molecule has 1 aliphatic carbocycles. The Morgan fingerprint density at radius 2 is 2.19 bits per heavy atom. The maximum absolute atomic E-state index is 12.3. The van der Waals surface area contributed by atoms with Gasteiger partial charge >= 0.3 is 5.97 Å². The van der Waals surface area contributed by atoms with E-state index in [0.29, 0.717) is 24.9 Å². The molecule has 6 nitrogen and oxygen atoms in total. The summed E-state index contributed by atoms with van der Waals surface area (Å²) in [6, 6.07) is 0.299. The second-order valence-corrected chi connectivity index (χ2v) is 5.33. The molecule has 1 saturated carbocycles. The second-order valence-electron chi connectivity index (χ2n) is 5.33. The summed E-state index contributed by atoms with van der Waals surface area (Å²) >= 11 is 0. The first-order valence-electron chi connectivity index (χ1n) is 7.48. The first kappa shape index (κ1) is 15.5. The minimum Gasteiger partial charge on any atom is -0.464 e. The summed E-state index contributed by atoms with van der Waals surface area (Å²) in [5.74, 6) is -0.00726. The highest BCUT2D eigenvalue weighted by Crippen LogP contribution is 2.29. The third-order valence-electron chi connectivity index (χ3n) is 3.55. The molecule has 1 amide bonds. The van der Waals surface area contributed by atoms with Gasteiger partial charge < -0.3 is 14.1 Å². The van der Waals surface area contributed by atoms with Crippen LogP contribution in [0.1, 0.15) is 61.8 Å². The highest BCUT2D eigenvalue weighted by molar-refractivity contribution is 5.86. The Morgan fingerprint density at radius 1 is 1.43 bits per heavy atom. The topological polar surface area (TPSA) is 72.6 Å². The van der Waals surface area contributed by atoms with Crippen LogP contribution in [-0.4, -0.2) is 34.9 Å². The van der Waals surface area contributed by atoms with Gasteiger partial charge in [0.1, 0.15) is 6.26 Å². The lowest BCUT2D eigenvalue weighted by Gasteiger charge is -2.20. The highest BCUT2D eigenvalue weighted by Gasteiger charge is 2.33. The molecule has 0 radical (unpaired) electrons. The molecule has 1 aromatic heterocycles.